The number of esters is 2. The number of methoxy groups -OCH3 is 1. The Morgan fingerprint density at radius 1 is 0.977 bits per heavy atom. The summed E-state index contributed by atoms with van der Waals surface area (Å²) < 4.78 is 26.9. The van der Waals surface area contributed by atoms with Crippen LogP contribution in [0.25, 0.3) is 11.3 Å². The first-order chi connectivity index (χ1) is 21.2. The van der Waals surface area contributed by atoms with Gasteiger partial charge in [-0.05, 0) is 62.7 Å². The van der Waals surface area contributed by atoms with Crippen LogP contribution in [0.15, 0.2) is 75.4 Å². The van der Waals surface area contributed by atoms with E-state index in [9.17, 15) is 19.2 Å². The van der Waals surface area contributed by atoms with Crippen LogP contribution in [0.5, 0.6) is 11.5 Å². The summed E-state index contributed by atoms with van der Waals surface area (Å²) in [6.45, 7) is 5.15. The van der Waals surface area contributed by atoms with Crippen LogP contribution in [0.1, 0.15) is 48.5 Å². The second-order valence-electron chi connectivity index (χ2n) is 9.28. The summed E-state index contributed by atoms with van der Waals surface area (Å²) in [5, 5.41) is 9.21. The lowest BCUT2D eigenvalue weighted by molar-refractivity contribution is -0.139. The molecule has 0 radical (unpaired) electrons. The van der Waals surface area contributed by atoms with Crippen LogP contribution >= 0.6 is 0 Å². The van der Waals surface area contributed by atoms with Crippen LogP contribution in [-0.4, -0.2) is 57.0 Å². The Kier molecular flexibility index (Phi) is 10.4. The van der Waals surface area contributed by atoms with Crippen LogP contribution in [0, 0.1) is 0 Å². The highest BCUT2D eigenvalue weighted by molar-refractivity contribution is 5.95. The molecule has 3 N–H and O–H groups in total. The highest BCUT2D eigenvalue weighted by atomic mass is 16.5. The lowest BCUT2D eigenvalue weighted by Gasteiger charge is -2.28. The summed E-state index contributed by atoms with van der Waals surface area (Å²) in [6, 6.07) is 13.8. The molecule has 3 amide bonds. The molecule has 230 valence electrons. The third-order valence-electron chi connectivity index (χ3n) is 6.33. The van der Waals surface area contributed by atoms with E-state index in [0.29, 0.717) is 35.0 Å². The fourth-order valence-electron chi connectivity index (χ4n) is 4.31. The molecule has 0 unspecified atom stereocenters. The number of rotatable bonds is 12. The number of benzene rings is 2. The highest BCUT2D eigenvalue weighted by Gasteiger charge is 2.32. The standard InChI is InChI=1S/C31H32N4O9/c1-5-41-29(37)20-9-7-19(8-10-20)23-14-12-22(44-23)16-32-35-26(36)17-43-24-13-11-21(15-25(24)40-4)28-27(30(38)42-6-2)18(3)33-31(39)34-28/h7-16,28H,5-6,17H2,1-4H3,(H,35,36)(H2,33,34,39)/b32-16-/t28-/m1/s1. The fraction of sp³-hybridized carbons (Fsp3) is 0.258. The largest absolute Gasteiger partial charge is 0.493 e. The summed E-state index contributed by atoms with van der Waals surface area (Å²) in [6.07, 6.45) is 1.34. The van der Waals surface area contributed by atoms with E-state index < -0.39 is 29.9 Å². The molecule has 1 atom stereocenters. The summed E-state index contributed by atoms with van der Waals surface area (Å²) in [5.74, 6) is -0.00659. The molecular weight excluding hydrogens is 572 g/mol. The number of urea groups is 1. The molecule has 3 aromatic rings. The van der Waals surface area contributed by atoms with Gasteiger partial charge in [-0.1, -0.05) is 18.2 Å². The molecule has 1 aliphatic rings. The lowest BCUT2D eigenvalue weighted by atomic mass is 9.95. The van der Waals surface area contributed by atoms with Crippen molar-refractivity contribution >= 4 is 30.1 Å². The predicted octanol–water partition coefficient (Wildman–Crippen LogP) is 3.85. The first-order valence-corrected chi connectivity index (χ1v) is 13.7. The van der Waals surface area contributed by atoms with Crippen molar-refractivity contribution in [3.8, 4) is 22.8 Å². The zero-order chi connectivity index (χ0) is 31.6. The van der Waals surface area contributed by atoms with E-state index >= 15 is 0 Å². The maximum Gasteiger partial charge on any atom is 0.338 e. The van der Waals surface area contributed by atoms with Crippen molar-refractivity contribution in [1.29, 1.82) is 0 Å². The molecule has 13 heteroatoms. The van der Waals surface area contributed by atoms with Gasteiger partial charge in [0, 0.05) is 11.3 Å². The van der Waals surface area contributed by atoms with Crippen molar-refractivity contribution in [2.45, 2.75) is 26.8 Å². The smallest absolute Gasteiger partial charge is 0.338 e. The topological polar surface area (TPSA) is 167 Å². The Hall–Kier alpha value is -5.59. The molecule has 2 heterocycles. The number of hydrazone groups is 1. The van der Waals surface area contributed by atoms with Crippen LogP contribution in [-0.2, 0) is 19.1 Å². The maximum atomic E-state index is 12.6. The Labute approximate surface area is 253 Å². The molecule has 0 aliphatic carbocycles. The van der Waals surface area contributed by atoms with Gasteiger partial charge < -0.3 is 34.0 Å². The van der Waals surface area contributed by atoms with Crippen LogP contribution < -0.4 is 25.5 Å². The third kappa shape index (κ3) is 7.62. The minimum atomic E-state index is -0.783. The van der Waals surface area contributed by atoms with Gasteiger partial charge in [0.05, 0.1) is 43.7 Å². The van der Waals surface area contributed by atoms with Gasteiger partial charge in [0.2, 0.25) is 0 Å². The van der Waals surface area contributed by atoms with E-state index in [2.05, 4.69) is 21.2 Å². The normalized spacial score (nSPS) is 14.5. The van der Waals surface area contributed by atoms with E-state index in [-0.39, 0.29) is 30.3 Å². The SMILES string of the molecule is CCOC(=O)C1=C(C)NC(=O)N[C@@H]1c1ccc(OCC(=O)N/N=C\c2ccc(-c3ccc(C(=O)OCC)cc3)o2)c(OC)c1. The number of hydrogen-bond acceptors (Lipinski definition) is 10. The maximum absolute atomic E-state index is 12.6. The van der Waals surface area contributed by atoms with E-state index in [1.165, 1.54) is 13.3 Å². The van der Waals surface area contributed by atoms with Crippen molar-refractivity contribution in [3.05, 3.63) is 82.8 Å². The van der Waals surface area contributed by atoms with Gasteiger partial charge >= 0.3 is 18.0 Å². The molecule has 1 aromatic heterocycles. The van der Waals surface area contributed by atoms with E-state index in [4.69, 9.17) is 23.4 Å². The molecule has 0 spiro atoms. The monoisotopic (exact) mass is 604 g/mol. The molecule has 0 fully saturated rings. The number of ether oxygens (including phenoxy) is 4. The van der Waals surface area contributed by atoms with Gasteiger partial charge in [-0.15, -0.1) is 0 Å². The van der Waals surface area contributed by atoms with Gasteiger partial charge in [-0.3, -0.25) is 4.79 Å². The number of furan rings is 1. The summed E-state index contributed by atoms with van der Waals surface area (Å²) in [5.41, 5.74) is 4.74. The summed E-state index contributed by atoms with van der Waals surface area (Å²) in [7, 11) is 1.43. The number of nitrogens with zero attached hydrogens (tertiary/aromatic N) is 1. The molecule has 13 nitrogen and oxygen atoms in total. The molecule has 4 rings (SSSR count). The van der Waals surface area contributed by atoms with E-state index in [1.54, 1.807) is 75.4 Å². The Bertz CT molecular complexity index is 1590. The van der Waals surface area contributed by atoms with Crippen molar-refractivity contribution in [2.24, 2.45) is 5.10 Å². The molecule has 0 saturated carbocycles. The quantitative estimate of drug-likeness (QED) is 0.158. The number of nitrogens with one attached hydrogen (secondary N) is 3. The van der Waals surface area contributed by atoms with Crippen molar-refractivity contribution in [2.75, 3.05) is 26.9 Å². The number of carbonyl (C=O) groups is 4. The summed E-state index contributed by atoms with van der Waals surface area (Å²) >= 11 is 0. The second-order valence-corrected chi connectivity index (χ2v) is 9.28. The molecule has 2 aromatic carbocycles. The average Bonchev–Trinajstić information content (AvgIpc) is 3.48. The van der Waals surface area contributed by atoms with E-state index in [1.807, 2.05) is 0 Å². The van der Waals surface area contributed by atoms with Crippen molar-refractivity contribution in [1.82, 2.24) is 16.1 Å². The second kappa shape index (κ2) is 14.5. The minimum Gasteiger partial charge on any atom is -0.493 e. The van der Waals surface area contributed by atoms with Crippen LogP contribution in [0.4, 0.5) is 4.79 Å². The van der Waals surface area contributed by atoms with Crippen molar-refractivity contribution < 1.29 is 42.5 Å². The Balaban J connectivity index is 1.35. The lowest BCUT2D eigenvalue weighted by Crippen LogP contribution is -2.45. The van der Waals surface area contributed by atoms with Gasteiger partial charge in [0.15, 0.2) is 18.1 Å². The zero-order valence-corrected chi connectivity index (χ0v) is 24.6. The molecule has 1 aliphatic heterocycles. The molecular formula is C31H32N4O9. The van der Waals surface area contributed by atoms with Crippen LogP contribution in [0.3, 0.4) is 0 Å². The predicted molar refractivity (Wildman–Crippen MR) is 158 cm³/mol. The first-order valence-electron chi connectivity index (χ1n) is 13.7. The van der Waals surface area contributed by atoms with Gasteiger partial charge in [0.1, 0.15) is 11.5 Å². The van der Waals surface area contributed by atoms with Gasteiger partial charge in [-0.2, -0.15) is 5.10 Å². The number of amides is 3. The number of allylic oxidation sites excluding steroid dienone is 1. The fourth-order valence-corrected chi connectivity index (χ4v) is 4.31. The Morgan fingerprint density at radius 2 is 1.70 bits per heavy atom. The van der Waals surface area contributed by atoms with Crippen molar-refractivity contribution in [3.63, 3.8) is 0 Å². The molecule has 44 heavy (non-hydrogen) atoms. The van der Waals surface area contributed by atoms with Gasteiger partial charge in [-0.25, -0.2) is 19.8 Å². The molecule has 0 bridgehead atoms. The van der Waals surface area contributed by atoms with Crippen LogP contribution in [0.2, 0.25) is 0 Å². The summed E-state index contributed by atoms with van der Waals surface area (Å²) in [4.78, 5) is 48.9. The number of hydrogen-bond donors (Lipinski definition) is 3. The minimum absolute atomic E-state index is 0.176. The number of carbonyl (C=O) groups excluding carboxylic acids is 4. The molecule has 0 saturated heterocycles. The van der Waals surface area contributed by atoms with Gasteiger partial charge in [0.25, 0.3) is 5.91 Å². The third-order valence-corrected chi connectivity index (χ3v) is 6.33. The first kappa shape index (κ1) is 31.3. The highest BCUT2D eigenvalue weighted by Crippen LogP contribution is 2.34. The zero-order valence-electron chi connectivity index (χ0n) is 24.6. The Morgan fingerprint density at radius 3 is 2.41 bits per heavy atom. The van der Waals surface area contributed by atoms with E-state index in [0.717, 1.165) is 5.56 Å². The average molecular weight is 605 g/mol.